The van der Waals surface area contributed by atoms with E-state index in [9.17, 15) is 4.79 Å². The molecule has 0 aliphatic rings. The van der Waals surface area contributed by atoms with Crippen molar-refractivity contribution in [2.45, 2.75) is 19.8 Å². The molecule has 1 N–H and O–H groups in total. The fourth-order valence-corrected chi connectivity index (χ4v) is 2.56. The van der Waals surface area contributed by atoms with Gasteiger partial charge < -0.3 is 19.5 Å². The van der Waals surface area contributed by atoms with Crippen LogP contribution in [0, 0.1) is 0 Å². The van der Waals surface area contributed by atoms with Crippen molar-refractivity contribution >= 4 is 23.3 Å². The molecule has 2 aromatic carbocycles. The molecule has 3 rings (SSSR count). The highest BCUT2D eigenvalue weighted by molar-refractivity contribution is 6.30. The maximum absolute atomic E-state index is 12.3. The molecule has 29 heavy (non-hydrogen) atoms. The summed E-state index contributed by atoms with van der Waals surface area (Å²) in [6.07, 6.45) is 0. The number of nitrogens with zero attached hydrogens (tertiary/aromatic N) is 3. The number of benzene rings is 2. The van der Waals surface area contributed by atoms with Crippen molar-refractivity contribution in [2.75, 3.05) is 25.5 Å². The van der Waals surface area contributed by atoms with Gasteiger partial charge in [0.15, 0.2) is 5.82 Å². The predicted molar refractivity (Wildman–Crippen MR) is 112 cm³/mol. The molecule has 0 unspecified atom stereocenters. The summed E-state index contributed by atoms with van der Waals surface area (Å²) in [7, 11) is 1.71. The Bertz CT molecular complexity index is 939. The van der Waals surface area contributed by atoms with Crippen LogP contribution in [0.25, 0.3) is 11.5 Å². The molecule has 0 atom stereocenters. The summed E-state index contributed by atoms with van der Waals surface area (Å²) in [6, 6.07) is 14.1. The third-order valence-electron chi connectivity index (χ3n) is 4.20. The quantitative estimate of drug-likeness (QED) is 0.584. The van der Waals surface area contributed by atoms with Gasteiger partial charge in [0.05, 0.1) is 6.54 Å². The van der Waals surface area contributed by atoms with Crippen LogP contribution in [-0.2, 0) is 0 Å². The van der Waals surface area contributed by atoms with Crippen molar-refractivity contribution in [3.05, 3.63) is 59.4 Å². The van der Waals surface area contributed by atoms with Gasteiger partial charge in [-0.2, -0.15) is 4.98 Å². The highest BCUT2D eigenvalue weighted by Crippen LogP contribution is 2.22. The molecule has 0 aliphatic heterocycles. The van der Waals surface area contributed by atoms with Crippen molar-refractivity contribution in [1.29, 1.82) is 0 Å². The zero-order chi connectivity index (χ0) is 20.8. The van der Waals surface area contributed by atoms with Gasteiger partial charge in [-0.25, -0.2) is 4.79 Å². The Kier molecular flexibility index (Phi) is 6.72. The number of halogens is 1. The molecule has 0 spiro atoms. The Morgan fingerprint density at radius 1 is 1.17 bits per heavy atom. The van der Waals surface area contributed by atoms with Gasteiger partial charge in [0.1, 0.15) is 12.4 Å². The smallest absolute Gasteiger partial charge is 0.321 e. The fraction of sp³-hybridized carbons (Fsp3) is 0.286. The van der Waals surface area contributed by atoms with Crippen molar-refractivity contribution in [3.8, 4) is 17.2 Å². The molecule has 0 bridgehead atoms. The van der Waals surface area contributed by atoms with E-state index in [1.807, 2.05) is 26.0 Å². The molecule has 1 heterocycles. The number of rotatable bonds is 7. The van der Waals surface area contributed by atoms with Gasteiger partial charge >= 0.3 is 6.03 Å². The summed E-state index contributed by atoms with van der Waals surface area (Å²) in [4.78, 5) is 18.3. The van der Waals surface area contributed by atoms with Crippen molar-refractivity contribution in [1.82, 2.24) is 15.0 Å². The van der Waals surface area contributed by atoms with E-state index in [0.717, 1.165) is 5.56 Å². The van der Waals surface area contributed by atoms with Crippen LogP contribution in [0.4, 0.5) is 10.5 Å². The van der Waals surface area contributed by atoms with E-state index >= 15 is 0 Å². The Balaban J connectivity index is 1.49. The second-order valence-electron chi connectivity index (χ2n) is 6.84. The van der Waals surface area contributed by atoms with E-state index < -0.39 is 0 Å². The van der Waals surface area contributed by atoms with Gasteiger partial charge in [0.25, 0.3) is 5.89 Å². The first-order valence-corrected chi connectivity index (χ1v) is 9.64. The molecule has 0 fully saturated rings. The van der Waals surface area contributed by atoms with Crippen molar-refractivity contribution < 1.29 is 14.1 Å². The van der Waals surface area contributed by atoms with Crippen LogP contribution in [0.3, 0.4) is 0 Å². The average molecular weight is 415 g/mol. The second-order valence-corrected chi connectivity index (χ2v) is 7.28. The summed E-state index contributed by atoms with van der Waals surface area (Å²) in [5.41, 5.74) is 1.47. The first-order valence-electron chi connectivity index (χ1n) is 9.27. The van der Waals surface area contributed by atoms with E-state index in [1.165, 1.54) is 0 Å². The first kappa shape index (κ1) is 20.7. The number of hydrogen-bond acceptors (Lipinski definition) is 5. The Morgan fingerprint density at radius 2 is 1.86 bits per heavy atom. The van der Waals surface area contributed by atoms with Gasteiger partial charge in [-0.05, 0) is 48.5 Å². The molecule has 1 aromatic heterocycles. The molecule has 0 aliphatic carbocycles. The van der Waals surface area contributed by atoms with E-state index in [1.54, 1.807) is 48.3 Å². The first-order chi connectivity index (χ1) is 13.9. The third-order valence-corrected chi connectivity index (χ3v) is 4.45. The van der Waals surface area contributed by atoms with Gasteiger partial charge in [-0.1, -0.05) is 30.6 Å². The van der Waals surface area contributed by atoms with E-state index in [4.69, 9.17) is 20.9 Å². The number of carbonyl (C=O) groups excluding carboxylic acids is 1. The fourth-order valence-electron chi connectivity index (χ4n) is 2.43. The van der Waals surface area contributed by atoms with Gasteiger partial charge in [0, 0.05) is 29.2 Å². The molecule has 0 saturated carbocycles. The Labute approximate surface area is 174 Å². The summed E-state index contributed by atoms with van der Waals surface area (Å²) < 4.78 is 10.9. The van der Waals surface area contributed by atoms with Gasteiger partial charge in [-0.3, -0.25) is 0 Å². The predicted octanol–water partition coefficient (Wildman–Crippen LogP) is 5.06. The summed E-state index contributed by atoms with van der Waals surface area (Å²) in [5, 5.41) is 7.46. The minimum Gasteiger partial charge on any atom is -0.492 e. The lowest BCUT2D eigenvalue weighted by Crippen LogP contribution is -2.34. The van der Waals surface area contributed by atoms with E-state index in [-0.39, 0.29) is 11.9 Å². The largest absolute Gasteiger partial charge is 0.492 e. The van der Waals surface area contributed by atoms with Crippen molar-refractivity contribution in [2.24, 2.45) is 0 Å². The molecule has 7 nitrogen and oxygen atoms in total. The molecule has 3 aromatic rings. The maximum atomic E-state index is 12.3. The zero-order valence-corrected chi connectivity index (χ0v) is 17.3. The van der Waals surface area contributed by atoms with Gasteiger partial charge in [0.2, 0.25) is 0 Å². The average Bonchev–Trinajstić information content (AvgIpc) is 3.20. The molecular weight excluding hydrogens is 392 g/mol. The highest BCUT2D eigenvalue weighted by Gasteiger charge is 2.12. The highest BCUT2D eigenvalue weighted by atomic mass is 35.5. The molecular formula is C21H23ClN4O3. The normalized spacial score (nSPS) is 10.8. The maximum Gasteiger partial charge on any atom is 0.321 e. The second kappa shape index (κ2) is 9.43. The monoisotopic (exact) mass is 414 g/mol. The SMILES string of the molecule is CC(C)c1noc(-c2ccc(NC(=O)N(C)CCOc3ccc(Cl)cc3)cc2)n1. The molecule has 0 saturated heterocycles. The molecule has 0 radical (unpaired) electrons. The summed E-state index contributed by atoms with van der Waals surface area (Å²) in [5.74, 6) is 2.04. The van der Waals surface area contributed by atoms with E-state index in [2.05, 4.69) is 15.5 Å². The Morgan fingerprint density at radius 3 is 2.48 bits per heavy atom. The summed E-state index contributed by atoms with van der Waals surface area (Å²) in [6.45, 7) is 4.82. The number of nitrogens with one attached hydrogen (secondary N) is 1. The van der Waals surface area contributed by atoms with Crippen LogP contribution in [0.15, 0.2) is 53.1 Å². The topological polar surface area (TPSA) is 80.5 Å². The molecule has 152 valence electrons. The Hall–Kier alpha value is -3.06. The lowest BCUT2D eigenvalue weighted by atomic mass is 10.2. The minimum absolute atomic E-state index is 0.199. The molecule has 2 amide bonds. The molecule has 8 heteroatoms. The van der Waals surface area contributed by atoms with Crippen LogP contribution < -0.4 is 10.1 Å². The number of amides is 2. The van der Waals surface area contributed by atoms with Crippen molar-refractivity contribution in [3.63, 3.8) is 0 Å². The third kappa shape index (κ3) is 5.71. The number of carbonyl (C=O) groups is 1. The number of urea groups is 1. The van der Waals surface area contributed by atoms with Crippen LogP contribution in [0.1, 0.15) is 25.6 Å². The lowest BCUT2D eigenvalue weighted by Gasteiger charge is -2.18. The number of ether oxygens (including phenoxy) is 1. The number of hydrogen-bond donors (Lipinski definition) is 1. The minimum atomic E-state index is -0.225. The standard InChI is InChI=1S/C21H23ClN4O3/c1-14(2)19-24-20(29-25-19)15-4-8-17(9-5-15)23-21(27)26(3)12-13-28-18-10-6-16(22)7-11-18/h4-11,14H,12-13H2,1-3H3,(H,23,27). The van der Waals surface area contributed by atoms with Crippen LogP contribution in [0.5, 0.6) is 5.75 Å². The van der Waals surface area contributed by atoms with Crippen LogP contribution >= 0.6 is 11.6 Å². The lowest BCUT2D eigenvalue weighted by molar-refractivity contribution is 0.207. The van der Waals surface area contributed by atoms with Crippen LogP contribution in [-0.4, -0.2) is 41.3 Å². The number of aromatic nitrogens is 2. The van der Waals surface area contributed by atoms with Gasteiger partial charge in [-0.15, -0.1) is 0 Å². The number of likely N-dealkylation sites (N-methyl/N-ethyl adjacent to an activating group) is 1. The van der Waals surface area contributed by atoms with E-state index in [0.29, 0.717) is 41.3 Å². The zero-order valence-electron chi connectivity index (χ0n) is 16.6. The summed E-state index contributed by atoms with van der Waals surface area (Å²) >= 11 is 5.84. The van der Waals surface area contributed by atoms with Crippen LogP contribution in [0.2, 0.25) is 5.02 Å². The number of anilines is 1.